The molecule has 10 rings (SSSR count). The molecule has 1 aliphatic rings. The summed E-state index contributed by atoms with van der Waals surface area (Å²) < 4.78 is 4.65. The number of benzene rings is 6. The molecule has 220 valence electrons. The monoisotopic (exact) mass is 601 g/mol. The minimum atomic E-state index is -0.719. The first-order chi connectivity index (χ1) is 23.3. The second-order valence-electron chi connectivity index (χ2n) is 12.1. The third-order valence-corrected chi connectivity index (χ3v) is 9.71. The Balaban J connectivity index is 1.43. The van der Waals surface area contributed by atoms with Gasteiger partial charge in [0.1, 0.15) is 12.2 Å². The van der Waals surface area contributed by atoms with Gasteiger partial charge in [-0.05, 0) is 59.2 Å². The lowest BCUT2D eigenvalue weighted by atomic mass is 9.65. The number of aromatic nitrogens is 5. The van der Waals surface area contributed by atoms with Gasteiger partial charge in [-0.3, -0.25) is 4.57 Å². The van der Waals surface area contributed by atoms with Crippen LogP contribution in [0.15, 0.2) is 164 Å². The minimum Gasteiger partial charge on any atom is -0.306 e. The molecule has 0 fully saturated rings. The van der Waals surface area contributed by atoms with Gasteiger partial charge in [-0.25, -0.2) is 15.0 Å². The summed E-state index contributed by atoms with van der Waals surface area (Å²) >= 11 is 0. The number of nitrogens with zero attached hydrogens (tertiary/aromatic N) is 5. The van der Waals surface area contributed by atoms with Gasteiger partial charge in [0.05, 0.1) is 45.1 Å². The average Bonchev–Trinajstić information content (AvgIpc) is 3.70. The van der Waals surface area contributed by atoms with E-state index in [0.29, 0.717) is 0 Å². The zero-order valence-corrected chi connectivity index (χ0v) is 25.3. The van der Waals surface area contributed by atoms with Gasteiger partial charge in [0.2, 0.25) is 0 Å². The largest absolute Gasteiger partial charge is 0.306 e. The summed E-state index contributed by atoms with van der Waals surface area (Å²) in [5.74, 6) is 0.899. The Hall–Kier alpha value is -6.33. The van der Waals surface area contributed by atoms with E-state index in [1.807, 2.05) is 6.20 Å². The highest BCUT2D eigenvalue weighted by atomic mass is 15.1. The van der Waals surface area contributed by atoms with E-state index < -0.39 is 5.41 Å². The van der Waals surface area contributed by atoms with Crippen LogP contribution in [-0.4, -0.2) is 24.1 Å². The molecule has 4 heterocycles. The van der Waals surface area contributed by atoms with Crippen LogP contribution in [0.4, 0.5) is 0 Å². The van der Waals surface area contributed by atoms with Crippen molar-refractivity contribution in [2.24, 2.45) is 0 Å². The summed E-state index contributed by atoms with van der Waals surface area (Å²) in [7, 11) is 0. The van der Waals surface area contributed by atoms with Crippen LogP contribution in [-0.2, 0) is 5.41 Å². The molecular formula is C42H27N5. The lowest BCUT2D eigenvalue weighted by Crippen LogP contribution is -2.36. The van der Waals surface area contributed by atoms with E-state index in [2.05, 4.69) is 166 Å². The van der Waals surface area contributed by atoms with Gasteiger partial charge in [-0.1, -0.05) is 109 Å². The molecule has 5 heteroatoms. The number of rotatable bonds is 4. The summed E-state index contributed by atoms with van der Waals surface area (Å²) in [5, 5.41) is 2.35. The molecule has 0 bridgehead atoms. The Morgan fingerprint density at radius 3 is 1.94 bits per heavy atom. The Bertz CT molecular complexity index is 2580. The molecule has 3 aromatic heterocycles. The predicted molar refractivity (Wildman–Crippen MR) is 188 cm³/mol. The molecule has 1 aliphatic heterocycles. The molecule has 0 N–H and O–H groups in total. The number of para-hydroxylation sites is 4. The van der Waals surface area contributed by atoms with Crippen molar-refractivity contribution in [2.75, 3.05) is 0 Å². The van der Waals surface area contributed by atoms with Crippen LogP contribution in [0.25, 0.3) is 55.6 Å². The summed E-state index contributed by atoms with van der Waals surface area (Å²) in [4.78, 5) is 15.0. The smallest absolute Gasteiger partial charge is 0.145 e. The molecule has 0 atom stereocenters. The molecule has 0 spiro atoms. The quantitative estimate of drug-likeness (QED) is 0.202. The Labute approximate surface area is 271 Å². The fourth-order valence-electron chi connectivity index (χ4n) is 7.85. The fourth-order valence-corrected chi connectivity index (χ4v) is 7.85. The van der Waals surface area contributed by atoms with E-state index in [-0.39, 0.29) is 0 Å². The lowest BCUT2D eigenvalue weighted by molar-refractivity contribution is 0.691. The summed E-state index contributed by atoms with van der Waals surface area (Å²) in [6.07, 6.45) is 3.66. The zero-order valence-electron chi connectivity index (χ0n) is 25.3. The van der Waals surface area contributed by atoms with Gasteiger partial charge in [0.25, 0.3) is 0 Å². The molecule has 9 aromatic rings. The molecule has 0 aliphatic carbocycles. The van der Waals surface area contributed by atoms with Crippen LogP contribution in [0.3, 0.4) is 0 Å². The zero-order chi connectivity index (χ0) is 31.0. The highest BCUT2D eigenvalue weighted by Gasteiger charge is 2.47. The van der Waals surface area contributed by atoms with Crippen LogP contribution in [0, 0.1) is 0 Å². The Morgan fingerprint density at radius 2 is 1.19 bits per heavy atom. The van der Waals surface area contributed by atoms with Crippen molar-refractivity contribution < 1.29 is 0 Å². The van der Waals surface area contributed by atoms with E-state index >= 15 is 0 Å². The summed E-state index contributed by atoms with van der Waals surface area (Å²) in [6, 6.07) is 53.9. The third-order valence-electron chi connectivity index (χ3n) is 9.71. The van der Waals surface area contributed by atoms with Gasteiger partial charge in [-0.15, -0.1) is 0 Å². The maximum atomic E-state index is 5.31. The second kappa shape index (κ2) is 9.83. The van der Waals surface area contributed by atoms with Gasteiger partial charge >= 0.3 is 0 Å². The summed E-state index contributed by atoms with van der Waals surface area (Å²) in [6.45, 7) is 0. The van der Waals surface area contributed by atoms with Crippen LogP contribution >= 0.6 is 0 Å². The first kappa shape index (κ1) is 25.9. The van der Waals surface area contributed by atoms with E-state index in [9.17, 15) is 0 Å². The van der Waals surface area contributed by atoms with Gasteiger partial charge in [-0.2, -0.15) is 0 Å². The molecular weight excluding hydrogens is 574 g/mol. The van der Waals surface area contributed by atoms with E-state index in [1.54, 1.807) is 6.33 Å². The summed E-state index contributed by atoms with van der Waals surface area (Å²) in [5.41, 5.74) is 11.1. The molecule has 47 heavy (non-hydrogen) atoms. The standard InChI is InChI=1S/C42H27N5/c1-4-14-29(15-5-1)42(30-16-6-2-7-17-30)34-25-28(41-45-35-21-11-13-23-37(35)46(41)31-18-8-3-9-19-31)24-33-32-20-10-12-22-36(32)47(39(33)34)38-26-43-27-44-40(38)42/h1-27H. The molecule has 0 saturated carbocycles. The second-order valence-corrected chi connectivity index (χ2v) is 12.1. The van der Waals surface area contributed by atoms with Crippen LogP contribution in [0.1, 0.15) is 22.4 Å². The first-order valence-electron chi connectivity index (χ1n) is 15.9. The highest BCUT2D eigenvalue weighted by Crippen LogP contribution is 2.54. The van der Waals surface area contributed by atoms with Crippen molar-refractivity contribution in [2.45, 2.75) is 5.41 Å². The van der Waals surface area contributed by atoms with Gasteiger partial charge in [0, 0.05) is 22.0 Å². The van der Waals surface area contributed by atoms with Gasteiger partial charge < -0.3 is 4.57 Å². The first-order valence-corrected chi connectivity index (χ1v) is 15.9. The van der Waals surface area contributed by atoms with Crippen LogP contribution < -0.4 is 0 Å². The van der Waals surface area contributed by atoms with Crippen molar-refractivity contribution in [3.63, 3.8) is 0 Å². The van der Waals surface area contributed by atoms with Crippen LogP contribution in [0.5, 0.6) is 0 Å². The van der Waals surface area contributed by atoms with E-state index in [4.69, 9.17) is 9.97 Å². The van der Waals surface area contributed by atoms with Crippen molar-refractivity contribution in [3.8, 4) is 22.8 Å². The number of imidazole rings is 1. The number of hydrogen-bond donors (Lipinski definition) is 0. The minimum absolute atomic E-state index is 0.719. The van der Waals surface area contributed by atoms with E-state index in [1.165, 1.54) is 10.8 Å². The number of fused-ring (bicyclic) bond motifs is 6. The Kier molecular flexibility index (Phi) is 5.43. The SMILES string of the molecule is c1ccc(-n2c(-c3cc4c5c(c3)c3ccccc3n5-c3cncnc3C4(c3ccccc3)c3ccccc3)nc3ccccc32)cc1. The topological polar surface area (TPSA) is 48.5 Å². The lowest BCUT2D eigenvalue weighted by Gasteiger charge is -2.40. The Morgan fingerprint density at radius 1 is 0.553 bits per heavy atom. The predicted octanol–water partition coefficient (Wildman–Crippen LogP) is 9.28. The normalized spacial score (nSPS) is 13.3. The molecule has 0 radical (unpaired) electrons. The van der Waals surface area contributed by atoms with Gasteiger partial charge in [0.15, 0.2) is 0 Å². The third kappa shape index (κ3) is 3.51. The van der Waals surface area contributed by atoms with E-state index in [0.717, 1.165) is 67.2 Å². The molecule has 6 aromatic carbocycles. The average molecular weight is 602 g/mol. The maximum absolute atomic E-state index is 5.31. The fraction of sp³-hybridized carbons (Fsp3) is 0.0238. The number of hydrogen-bond acceptors (Lipinski definition) is 3. The maximum Gasteiger partial charge on any atom is 0.145 e. The van der Waals surface area contributed by atoms with Crippen molar-refractivity contribution in [1.82, 2.24) is 24.1 Å². The molecule has 5 nitrogen and oxygen atoms in total. The molecule has 0 saturated heterocycles. The van der Waals surface area contributed by atoms with Crippen molar-refractivity contribution >= 4 is 32.8 Å². The van der Waals surface area contributed by atoms with Crippen molar-refractivity contribution in [1.29, 1.82) is 0 Å². The van der Waals surface area contributed by atoms with Crippen LogP contribution in [0.2, 0.25) is 0 Å². The highest BCUT2D eigenvalue weighted by molar-refractivity contribution is 6.13. The molecule has 0 unspecified atom stereocenters. The van der Waals surface area contributed by atoms with Crippen molar-refractivity contribution in [3.05, 3.63) is 187 Å². The molecule has 0 amide bonds.